The number of aromatic nitrogens is 2. The number of hydrogen-bond donors (Lipinski definition) is 0. The number of para-hydroxylation sites is 2. The van der Waals surface area contributed by atoms with Crippen LogP contribution < -0.4 is 4.31 Å². The molecule has 0 atom stereocenters. The van der Waals surface area contributed by atoms with Crippen LogP contribution in [0.2, 0.25) is 0 Å². The number of hydrogen-bond acceptors (Lipinski definition) is 3. The van der Waals surface area contributed by atoms with Crippen molar-refractivity contribution in [3.8, 4) is 5.69 Å². The van der Waals surface area contributed by atoms with Crippen LogP contribution in [0.15, 0.2) is 71.9 Å². The highest BCUT2D eigenvalue weighted by Crippen LogP contribution is 2.32. The van der Waals surface area contributed by atoms with Crippen molar-refractivity contribution in [1.29, 1.82) is 0 Å². The van der Waals surface area contributed by atoms with Crippen LogP contribution in [-0.2, 0) is 16.4 Å². The van der Waals surface area contributed by atoms with Crippen molar-refractivity contribution in [2.24, 2.45) is 0 Å². The SMILES string of the molecule is O=S(=O)(c1cnn(-c2ccccc2)c1)N1CCc2ccccc21. The molecular formula is C17H15N3O2S. The zero-order valence-corrected chi connectivity index (χ0v) is 13.1. The fraction of sp³-hybridized carbons (Fsp3) is 0.118. The summed E-state index contributed by atoms with van der Waals surface area (Å²) in [6, 6.07) is 17.1. The summed E-state index contributed by atoms with van der Waals surface area (Å²) >= 11 is 0. The third-order valence-corrected chi connectivity index (χ3v) is 5.78. The Morgan fingerprint density at radius 3 is 2.52 bits per heavy atom. The van der Waals surface area contributed by atoms with Crippen LogP contribution >= 0.6 is 0 Å². The standard InChI is InChI=1S/C17H15N3O2S/c21-23(22,20-11-10-14-6-4-5-9-17(14)20)16-12-18-19(13-16)15-7-2-1-3-8-15/h1-9,12-13H,10-11H2. The molecule has 6 heteroatoms. The van der Waals surface area contributed by atoms with E-state index >= 15 is 0 Å². The summed E-state index contributed by atoms with van der Waals surface area (Å²) in [5, 5.41) is 4.19. The van der Waals surface area contributed by atoms with Gasteiger partial charge in [-0.15, -0.1) is 0 Å². The summed E-state index contributed by atoms with van der Waals surface area (Å²) in [7, 11) is -3.59. The smallest absolute Gasteiger partial charge is 0.266 e. The Bertz CT molecular complexity index is 949. The summed E-state index contributed by atoms with van der Waals surface area (Å²) in [6.45, 7) is 0.470. The van der Waals surface area contributed by atoms with E-state index in [4.69, 9.17) is 0 Å². The second-order valence-electron chi connectivity index (χ2n) is 5.41. The van der Waals surface area contributed by atoms with E-state index < -0.39 is 10.0 Å². The lowest BCUT2D eigenvalue weighted by Gasteiger charge is -2.18. The van der Waals surface area contributed by atoms with E-state index in [-0.39, 0.29) is 4.90 Å². The quantitative estimate of drug-likeness (QED) is 0.744. The van der Waals surface area contributed by atoms with E-state index in [1.807, 2.05) is 54.6 Å². The Morgan fingerprint density at radius 2 is 1.70 bits per heavy atom. The second kappa shape index (κ2) is 5.24. The van der Waals surface area contributed by atoms with Gasteiger partial charge in [-0.1, -0.05) is 36.4 Å². The molecule has 0 radical (unpaired) electrons. The molecule has 0 N–H and O–H groups in total. The molecule has 0 unspecified atom stereocenters. The molecule has 116 valence electrons. The molecular weight excluding hydrogens is 310 g/mol. The number of sulfonamides is 1. The summed E-state index contributed by atoms with van der Waals surface area (Å²) in [5.74, 6) is 0. The summed E-state index contributed by atoms with van der Waals surface area (Å²) in [4.78, 5) is 0.207. The van der Waals surface area contributed by atoms with Crippen molar-refractivity contribution in [1.82, 2.24) is 9.78 Å². The highest BCUT2D eigenvalue weighted by Gasteiger charge is 2.31. The van der Waals surface area contributed by atoms with Gasteiger partial charge in [0.05, 0.1) is 23.8 Å². The molecule has 1 aliphatic heterocycles. The topological polar surface area (TPSA) is 55.2 Å². The summed E-state index contributed by atoms with van der Waals surface area (Å²) in [5.41, 5.74) is 2.65. The first-order valence-corrected chi connectivity index (χ1v) is 8.81. The molecule has 3 aromatic rings. The van der Waals surface area contributed by atoms with Gasteiger partial charge in [0.15, 0.2) is 0 Å². The van der Waals surface area contributed by atoms with Gasteiger partial charge in [0.25, 0.3) is 10.0 Å². The maximum atomic E-state index is 12.9. The molecule has 1 aromatic heterocycles. The van der Waals surface area contributed by atoms with Crippen molar-refractivity contribution in [2.75, 3.05) is 10.8 Å². The molecule has 0 saturated carbocycles. The first-order valence-electron chi connectivity index (χ1n) is 7.37. The lowest BCUT2D eigenvalue weighted by molar-refractivity contribution is 0.592. The fourth-order valence-electron chi connectivity index (χ4n) is 2.85. The fourth-order valence-corrected chi connectivity index (χ4v) is 4.28. The monoisotopic (exact) mass is 325 g/mol. The van der Waals surface area contributed by atoms with E-state index in [1.54, 1.807) is 10.9 Å². The highest BCUT2D eigenvalue weighted by molar-refractivity contribution is 7.92. The third kappa shape index (κ3) is 2.31. The third-order valence-electron chi connectivity index (χ3n) is 4.01. The van der Waals surface area contributed by atoms with Crippen LogP contribution in [-0.4, -0.2) is 24.7 Å². The molecule has 0 bridgehead atoms. The number of fused-ring (bicyclic) bond motifs is 1. The van der Waals surface area contributed by atoms with Gasteiger partial charge in [0.2, 0.25) is 0 Å². The van der Waals surface area contributed by atoms with Crippen molar-refractivity contribution >= 4 is 15.7 Å². The first-order chi connectivity index (χ1) is 11.2. The van der Waals surface area contributed by atoms with E-state index in [0.29, 0.717) is 6.54 Å². The largest absolute Gasteiger partial charge is 0.267 e. The Kier molecular flexibility index (Phi) is 3.20. The van der Waals surface area contributed by atoms with Gasteiger partial charge in [-0.05, 0) is 30.2 Å². The Morgan fingerprint density at radius 1 is 0.957 bits per heavy atom. The van der Waals surface area contributed by atoms with Crippen LogP contribution in [0, 0.1) is 0 Å². The van der Waals surface area contributed by atoms with E-state index in [9.17, 15) is 8.42 Å². The Labute approximate surface area is 134 Å². The number of rotatable bonds is 3. The predicted molar refractivity (Wildman–Crippen MR) is 88.2 cm³/mol. The van der Waals surface area contributed by atoms with Gasteiger partial charge < -0.3 is 0 Å². The molecule has 0 saturated heterocycles. The molecule has 23 heavy (non-hydrogen) atoms. The van der Waals surface area contributed by atoms with E-state index in [1.165, 1.54) is 10.5 Å². The lowest BCUT2D eigenvalue weighted by Crippen LogP contribution is -2.28. The van der Waals surface area contributed by atoms with Crippen LogP contribution in [0.25, 0.3) is 5.69 Å². The zero-order valence-electron chi connectivity index (χ0n) is 12.3. The molecule has 0 spiro atoms. The van der Waals surface area contributed by atoms with Gasteiger partial charge in [-0.3, -0.25) is 4.31 Å². The van der Waals surface area contributed by atoms with Crippen molar-refractivity contribution in [3.05, 3.63) is 72.6 Å². The second-order valence-corrected chi connectivity index (χ2v) is 7.27. The van der Waals surface area contributed by atoms with Gasteiger partial charge in [-0.25, -0.2) is 13.1 Å². The minimum absolute atomic E-state index is 0.207. The number of nitrogens with zero attached hydrogens (tertiary/aromatic N) is 3. The van der Waals surface area contributed by atoms with Crippen LogP contribution in [0.4, 0.5) is 5.69 Å². The molecule has 5 nitrogen and oxygen atoms in total. The van der Waals surface area contributed by atoms with Gasteiger partial charge >= 0.3 is 0 Å². The minimum Gasteiger partial charge on any atom is -0.266 e. The maximum Gasteiger partial charge on any atom is 0.267 e. The molecule has 2 aromatic carbocycles. The Hall–Kier alpha value is -2.60. The van der Waals surface area contributed by atoms with Gasteiger partial charge in [0, 0.05) is 6.54 Å². The van der Waals surface area contributed by atoms with E-state index in [2.05, 4.69) is 5.10 Å². The van der Waals surface area contributed by atoms with Crippen LogP contribution in [0.1, 0.15) is 5.56 Å². The average molecular weight is 325 g/mol. The van der Waals surface area contributed by atoms with Crippen molar-refractivity contribution < 1.29 is 8.42 Å². The number of anilines is 1. The predicted octanol–water partition coefficient (Wildman–Crippen LogP) is 2.62. The molecule has 0 aliphatic carbocycles. The van der Waals surface area contributed by atoms with Crippen LogP contribution in [0.3, 0.4) is 0 Å². The molecule has 2 heterocycles. The van der Waals surface area contributed by atoms with Gasteiger partial charge in [0.1, 0.15) is 4.90 Å². The average Bonchev–Trinajstić information content (AvgIpc) is 3.23. The minimum atomic E-state index is -3.59. The van der Waals surface area contributed by atoms with Crippen molar-refractivity contribution in [2.45, 2.75) is 11.3 Å². The zero-order chi connectivity index (χ0) is 15.9. The molecule has 0 fully saturated rings. The van der Waals surface area contributed by atoms with E-state index in [0.717, 1.165) is 23.4 Å². The lowest BCUT2D eigenvalue weighted by atomic mass is 10.2. The maximum absolute atomic E-state index is 12.9. The summed E-state index contributed by atoms with van der Waals surface area (Å²) in [6.07, 6.45) is 3.71. The number of benzene rings is 2. The Balaban J connectivity index is 1.72. The van der Waals surface area contributed by atoms with Crippen LogP contribution in [0.5, 0.6) is 0 Å². The first kappa shape index (κ1) is 14.0. The molecule has 0 amide bonds. The van der Waals surface area contributed by atoms with Crippen molar-refractivity contribution in [3.63, 3.8) is 0 Å². The highest BCUT2D eigenvalue weighted by atomic mass is 32.2. The summed E-state index contributed by atoms with van der Waals surface area (Å²) < 4.78 is 28.9. The van der Waals surface area contributed by atoms with Gasteiger partial charge in [-0.2, -0.15) is 5.10 Å². The normalized spacial score (nSPS) is 14.0. The molecule has 1 aliphatic rings. The molecule has 4 rings (SSSR count).